The van der Waals surface area contributed by atoms with Crippen LogP contribution in [-0.4, -0.2) is 22.3 Å². The van der Waals surface area contributed by atoms with Crippen molar-refractivity contribution in [2.45, 2.75) is 38.2 Å². The number of rotatable bonds is 3. The predicted octanol–water partition coefficient (Wildman–Crippen LogP) is 1.01. The van der Waals surface area contributed by atoms with Gasteiger partial charge in [-0.1, -0.05) is 12.8 Å². The van der Waals surface area contributed by atoms with Gasteiger partial charge in [-0.05, 0) is 18.8 Å². The molecule has 0 aromatic heterocycles. The van der Waals surface area contributed by atoms with Crippen molar-refractivity contribution < 1.29 is 15.0 Å². The molecule has 0 aromatic rings. The Balaban J connectivity index is 2.28. The SMILES string of the molecule is O=C(O)C[C@H](O)C1CCCC1. The summed E-state index contributed by atoms with van der Waals surface area (Å²) in [6.07, 6.45) is 3.56. The molecule has 2 N–H and O–H groups in total. The van der Waals surface area contributed by atoms with Gasteiger partial charge in [-0.2, -0.15) is 0 Å². The fourth-order valence-corrected chi connectivity index (χ4v) is 1.69. The average Bonchev–Trinajstić information content (AvgIpc) is 2.35. The highest BCUT2D eigenvalue weighted by atomic mass is 16.4. The molecule has 1 rings (SSSR count). The third-order valence-electron chi connectivity index (χ3n) is 2.33. The number of carbonyl (C=O) groups is 1. The molecule has 0 spiro atoms. The van der Waals surface area contributed by atoms with Gasteiger partial charge < -0.3 is 10.2 Å². The molecule has 11 heavy (non-hydrogen) atoms. The maximum Gasteiger partial charge on any atom is 0.305 e. The van der Waals surface area contributed by atoms with E-state index in [1.165, 1.54) is 0 Å². The Bertz CT molecular complexity index is 138. The van der Waals surface area contributed by atoms with Crippen LogP contribution in [0.1, 0.15) is 32.1 Å². The van der Waals surface area contributed by atoms with E-state index < -0.39 is 12.1 Å². The van der Waals surface area contributed by atoms with E-state index in [2.05, 4.69) is 0 Å². The van der Waals surface area contributed by atoms with Gasteiger partial charge in [-0.15, -0.1) is 0 Å². The van der Waals surface area contributed by atoms with Gasteiger partial charge in [0.25, 0.3) is 0 Å². The van der Waals surface area contributed by atoms with Crippen molar-refractivity contribution in [2.75, 3.05) is 0 Å². The number of aliphatic hydroxyl groups is 1. The van der Waals surface area contributed by atoms with E-state index in [1.54, 1.807) is 0 Å². The molecular weight excluding hydrogens is 144 g/mol. The third kappa shape index (κ3) is 2.50. The first-order valence-electron chi connectivity index (χ1n) is 4.10. The first-order valence-corrected chi connectivity index (χ1v) is 4.10. The van der Waals surface area contributed by atoms with Crippen LogP contribution in [0.4, 0.5) is 0 Å². The Labute approximate surface area is 66.0 Å². The quantitative estimate of drug-likeness (QED) is 0.644. The van der Waals surface area contributed by atoms with Crippen molar-refractivity contribution in [1.82, 2.24) is 0 Å². The lowest BCUT2D eigenvalue weighted by atomic mass is 9.98. The van der Waals surface area contributed by atoms with E-state index in [0.29, 0.717) is 0 Å². The molecule has 0 radical (unpaired) electrons. The highest BCUT2D eigenvalue weighted by Gasteiger charge is 2.24. The van der Waals surface area contributed by atoms with E-state index in [1.807, 2.05) is 0 Å². The summed E-state index contributed by atoms with van der Waals surface area (Å²) < 4.78 is 0. The Morgan fingerprint density at radius 1 is 1.45 bits per heavy atom. The summed E-state index contributed by atoms with van der Waals surface area (Å²) >= 11 is 0. The van der Waals surface area contributed by atoms with Crippen molar-refractivity contribution in [3.8, 4) is 0 Å². The summed E-state index contributed by atoms with van der Waals surface area (Å²) in [6.45, 7) is 0. The van der Waals surface area contributed by atoms with Gasteiger partial charge in [0.1, 0.15) is 0 Å². The highest BCUT2D eigenvalue weighted by molar-refractivity contribution is 5.67. The molecule has 0 unspecified atom stereocenters. The summed E-state index contributed by atoms with van der Waals surface area (Å²) in [6, 6.07) is 0. The Morgan fingerprint density at radius 2 is 2.00 bits per heavy atom. The molecule has 0 aliphatic heterocycles. The highest BCUT2D eigenvalue weighted by Crippen LogP contribution is 2.28. The number of aliphatic carboxylic acids is 1. The van der Waals surface area contributed by atoms with Gasteiger partial charge in [0.15, 0.2) is 0 Å². The first kappa shape index (κ1) is 8.53. The topological polar surface area (TPSA) is 57.5 Å². The minimum absolute atomic E-state index is 0.0926. The van der Waals surface area contributed by atoms with Crippen LogP contribution in [0.25, 0.3) is 0 Å². The van der Waals surface area contributed by atoms with Crippen molar-refractivity contribution in [1.29, 1.82) is 0 Å². The van der Waals surface area contributed by atoms with Crippen LogP contribution in [0.15, 0.2) is 0 Å². The number of hydrogen-bond acceptors (Lipinski definition) is 2. The van der Waals surface area contributed by atoms with Crippen molar-refractivity contribution in [3.05, 3.63) is 0 Å². The molecule has 1 saturated carbocycles. The van der Waals surface area contributed by atoms with Crippen LogP contribution in [0.5, 0.6) is 0 Å². The molecule has 1 fully saturated rings. The number of aliphatic hydroxyl groups excluding tert-OH is 1. The molecule has 0 saturated heterocycles. The van der Waals surface area contributed by atoms with E-state index in [4.69, 9.17) is 5.11 Å². The van der Waals surface area contributed by atoms with Crippen molar-refractivity contribution in [2.24, 2.45) is 5.92 Å². The van der Waals surface area contributed by atoms with E-state index >= 15 is 0 Å². The van der Waals surface area contributed by atoms with Gasteiger partial charge in [0.05, 0.1) is 12.5 Å². The minimum atomic E-state index is -0.899. The molecular formula is C8H14O3. The van der Waals surface area contributed by atoms with Crippen molar-refractivity contribution in [3.63, 3.8) is 0 Å². The fraction of sp³-hybridized carbons (Fsp3) is 0.875. The summed E-state index contributed by atoms with van der Waals surface area (Å²) in [7, 11) is 0. The molecule has 1 aliphatic carbocycles. The standard InChI is InChI=1S/C8H14O3/c9-7(5-8(10)11)6-3-1-2-4-6/h6-7,9H,1-5H2,(H,10,11)/t7-/m0/s1. The Kier molecular flexibility index (Phi) is 2.88. The third-order valence-corrected chi connectivity index (χ3v) is 2.33. The molecule has 0 bridgehead atoms. The normalized spacial score (nSPS) is 21.9. The lowest BCUT2D eigenvalue weighted by Crippen LogP contribution is -2.21. The summed E-state index contributed by atoms with van der Waals surface area (Å²) in [4.78, 5) is 10.2. The van der Waals surface area contributed by atoms with Gasteiger partial charge in [0, 0.05) is 0 Å². The summed E-state index contributed by atoms with van der Waals surface area (Å²) in [5.41, 5.74) is 0. The minimum Gasteiger partial charge on any atom is -0.481 e. The van der Waals surface area contributed by atoms with Crippen LogP contribution < -0.4 is 0 Å². The second-order valence-corrected chi connectivity index (χ2v) is 3.21. The molecule has 3 heteroatoms. The Hall–Kier alpha value is -0.570. The molecule has 0 aromatic carbocycles. The number of hydrogen-bond donors (Lipinski definition) is 2. The number of carboxylic acid groups (broad SMARTS) is 1. The van der Waals surface area contributed by atoms with Gasteiger partial charge in [-0.3, -0.25) is 4.79 Å². The van der Waals surface area contributed by atoms with Gasteiger partial charge in [-0.25, -0.2) is 0 Å². The molecule has 0 amide bonds. The molecule has 3 nitrogen and oxygen atoms in total. The Morgan fingerprint density at radius 3 is 2.45 bits per heavy atom. The zero-order valence-corrected chi connectivity index (χ0v) is 6.49. The molecule has 0 heterocycles. The maximum absolute atomic E-state index is 10.2. The summed E-state index contributed by atoms with van der Waals surface area (Å²) in [5, 5.41) is 17.7. The molecule has 64 valence electrons. The van der Waals surface area contributed by atoms with E-state index in [0.717, 1.165) is 25.7 Å². The average molecular weight is 158 g/mol. The van der Waals surface area contributed by atoms with Crippen LogP contribution >= 0.6 is 0 Å². The monoisotopic (exact) mass is 158 g/mol. The van der Waals surface area contributed by atoms with Crippen LogP contribution in [0.3, 0.4) is 0 Å². The lowest BCUT2D eigenvalue weighted by Gasteiger charge is -2.14. The largest absolute Gasteiger partial charge is 0.481 e. The second kappa shape index (κ2) is 3.72. The van der Waals surface area contributed by atoms with Crippen LogP contribution in [-0.2, 0) is 4.79 Å². The van der Waals surface area contributed by atoms with E-state index in [-0.39, 0.29) is 12.3 Å². The first-order chi connectivity index (χ1) is 5.20. The lowest BCUT2D eigenvalue weighted by molar-refractivity contribution is -0.139. The fourth-order valence-electron chi connectivity index (χ4n) is 1.69. The van der Waals surface area contributed by atoms with Crippen molar-refractivity contribution >= 4 is 5.97 Å². The second-order valence-electron chi connectivity index (χ2n) is 3.21. The predicted molar refractivity (Wildman–Crippen MR) is 40.2 cm³/mol. The zero-order chi connectivity index (χ0) is 8.27. The molecule has 1 atom stereocenters. The number of carboxylic acids is 1. The van der Waals surface area contributed by atoms with E-state index in [9.17, 15) is 9.90 Å². The zero-order valence-electron chi connectivity index (χ0n) is 6.49. The van der Waals surface area contributed by atoms with Gasteiger partial charge >= 0.3 is 5.97 Å². The smallest absolute Gasteiger partial charge is 0.305 e. The maximum atomic E-state index is 10.2. The molecule has 1 aliphatic rings. The van der Waals surface area contributed by atoms with Gasteiger partial charge in [0.2, 0.25) is 0 Å². The van der Waals surface area contributed by atoms with Crippen LogP contribution in [0, 0.1) is 5.92 Å². The van der Waals surface area contributed by atoms with Crippen LogP contribution in [0.2, 0.25) is 0 Å². The summed E-state index contributed by atoms with van der Waals surface area (Å²) in [5.74, 6) is -0.657.